The summed E-state index contributed by atoms with van der Waals surface area (Å²) >= 11 is 0. The van der Waals surface area contributed by atoms with E-state index in [4.69, 9.17) is 0 Å². The summed E-state index contributed by atoms with van der Waals surface area (Å²) in [5.41, 5.74) is 4.31. The lowest BCUT2D eigenvalue weighted by molar-refractivity contribution is 0.0945. The number of nitrogens with one attached hydrogen (secondary N) is 2. The summed E-state index contributed by atoms with van der Waals surface area (Å²) in [7, 11) is 0. The Morgan fingerprint density at radius 2 is 1.88 bits per heavy atom. The summed E-state index contributed by atoms with van der Waals surface area (Å²) in [6.45, 7) is 4.42. The van der Waals surface area contributed by atoms with Crippen molar-refractivity contribution >= 4 is 17.5 Å². The number of amides is 1. The van der Waals surface area contributed by atoms with Gasteiger partial charge in [-0.1, -0.05) is 18.2 Å². The van der Waals surface area contributed by atoms with Crippen LogP contribution in [0.3, 0.4) is 0 Å². The molecule has 0 spiro atoms. The van der Waals surface area contributed by atoms with Gasteiger partial charge in [-0.2, -0.15) is 0 Å². The van der Waals surface area contributed by atoms with Gasteiger partial charge in [-0.25, -0.2) is 9.97 Å². The van der Waals surface area contributed by atoms with Crippen LogP contribution >= 0.6 is 0 Å². The minimum atomic E-state index is -0.267. The first-order chi connectivity index (χ1) is 12.1. The van der Waals surface area contributed by atoms with Gasteiger partial charge in [0, 0.05) is 18.1 Å². The Bertz CT molecular complexity index is 880. The molecule has 0 aliphatic carbocycles. The number of carbonyl (C=O) groups excluding carboxylic acids is 1. The molecule has 2 aromatic heterocycles. The molecule has 1 amide bonds. The fourth-order valence-corrected chi connectivity index (χ4v) is 2.32. The number of aromatic nitrogens is 3. The van der Waals surface area contributed by atoms with Crippen LogP contribution in [0.25, 0.3) is 0 Å². The number of anilines is 2. The smallest absolute Gasteiger partial charge is 0.270 e. The maximum absolute atomic E-state index is 12.3. The van der Waals surface area contributed by atoms with E-state index >= 15 is 0 Å². The average Bonchev–Trinajstić information content (AvgIpc) is 2.64. The number of rotatable bonds is 5. The number of pyridine rings is 1. The number of hydrogen-bond acceptors (Lipinski definition) is 5. The van der Waals surface area contributed by atoms with Crippen LogP contribution in [0.5, 0.6) is 0 Å². The van der Waals surface area contributed by atoms with E-state index in [0.29, 0.717) is 18.2 Å². The van der Waals surface area contributed by atoms with Crippen molar-refractivity contribution in [2.45, 2.75) is 20.4 Å². The Morgan fingerprint density at radius 3 is 2.68 bits per heavy atom. The molecular weight excluding hydrogens is 314 g/mol. The topological polar surface area (TPSA) is 79.8 Å². The maximum Gasteiger partial charge on any atom is 0.270 e. The average molecular weight is 333 g/mol. The number of benzene rings is 1. The van der Waals surface area contributed by atoms with Crippen LogP contribution in [-0.2, 0) is 6.54 Å². The van der Waals surface area contributed by atoms with Crippen LogP contribution in [0.4, 0.5) is 11.6 Å². The molecule has 6 nitrogen and oxygen atoms in total. The Labute approximate surface area is 146 Å². The van der Waals surface area contributed by atoms with Gasteiger partial charge in [0.25, 0.3) is 5.91 Å². The van der Waals surface area contributed by atoms with E-state index in [9.17, 15) is 4.79 Å². The van der Waals surface area contributed by atoms with Crippen molar-refractivity contribution < 1.29 is 4.79 Å². The number of aryl methyl sites for hydroxylation is 1. The van der Waals surface area contributed by atoms with Crippen molar-refractivity contribution in [3.63, 3.8) is 0 Å². The minimum Gasteiger partial charge on any atom is -0.345 e. The molecular formula is C19H19N5O. The van der Waals surface area contributed by atoms with Crippen molar-refractivity contribution in [2.75, 3.05) is 5.32 Å². The van der Waals surface area contributed by atoms with Crippen molar-refractivity contribution in [3.8, 4) is 0 Å². The molecule has 2 heterocycles. The first-order valence-electron chi connectivity index (χ1n) is 7.98. The lowest BCUT2D eigenvalue weighted by Gasteiger charge is -2.11. The molecule has 0 fully saturated rings. The molecule has 126 valence electrons. The van der Waals surface area contributed by atoms with E-state index in [-0.39, 0.29) is 5.91 Å². The molecule has 25 heavy (non-hydrogen) atoms. The van der Waals surface area contributed by atoms with Gasteiger partial charge in [0.15, 0.2) is 0 Å². The van der Waals surface area contributed by atoms with Crippen LogP contribution in [0.1, 0.15) is 27.3 Å². The van der Waals surface area contributed by atoms with E-state index in [0.717, 1.165) is 16.9 Å². The first kappa shape index (κ1) is 16.6. The Morgan fingerprint density at radius 1 is 1.00 bits per heavy atom. The van der Waals surface area contributed by atoms with Gasteiger partial charge in [-0.05, 0) is 49.2 Å². The third kappa shape index (κ3) is 4.17. The third-order valence-electron chi connectivity index (χ3n) is 3.90. The maximum atomic E-state index is 12.3. The van der Waals surface area contributed by atoms with Crippen molar-refractivity contribution in [2.24, 2.45) is 0 Å². The summed E-state index contributed by atoms with van der Waals surface area (Å²) in [5.74, 6) is 0.122. The van der Waals surface area contributed by atoms with E-state index in [1.54, 1.807) is 18.5 Å². The fourth-order valence-electron chi connectivity index (χ4n) is 2.32. The normalized spacial score (nSPS) is 10.3. The third-order valence-corrected chi connectivity index (χ3v) is 3.90. The minimum absolute atomic E-state index is 0.267. The van der Waals surface area contributed by atoms with Crippen LogP contribution in [0, 0.1) is 13.8 Å². The molecule has 0 unspecified atom stereocenters. The fraction of sp³-hybridized carbons (Fsp3) is 0.158. The number of nitrogens with zero attached hydrogens (tertiary/aromatic N) is 3. The Balaban J connectivity index is 1.70. The molecule has 0 aliphatic rings. The van der Waals surface area contributed by atoms with Crippen LogP contribution in [0.15, 0.2) is 54.9 Å². The zero-order valence-electron chi connectivity index (χ0n) is 14.2. The van der Waals surface area contributed by atoms with E-state index < -0.39 is 0 Å². The van der Waals surface area contributed by atoms with E-state index in [1.165, 1.54) is 5.56 Å². The number of hydrogen-bond donors (Lipinski definition) is 2. The molecule has 0 radical (unpaired) electrons. The van der Waals surface area contributed by atoms with Crippen LogP contribution < -0.4 is 10.6 Å². The van der Waals surface area contributed by atoms with Crippen molar-refractivity contribution in [1.82, 2.24) is 20.3 Å². The predicted molar refractivity (Wildman–Crippen MR) is 96.6 cm³/mol. The summed E-state index contributed by atoms with van der Waals surface area (Å²) in [5, 5.41) is 5.97. The standard InChI is InChI=1S/C19H19N5O/c1-13-6-5-8-16(14(13)2)23-19-21-11-9-17(24-19)18(25)22-12-15-7-3-4-10-20-15/h3-11H,12H2,1-2H3,(H,22,25)(H,21,23,24). The van der Waals surface area contributed by atoms with Gasteiger partial charge in [-0.15, -0.1) is 0 Å². The largest absolute Gasteiger partial charge is 0.345 e. The van der Waals surface area contributed by atoms with Crippen LogP contribution in [0.2, 0.25) is 0 Å². The van der Waals surface area contributed by atoms with Crippen molar-refractivity contribution in [1.29, 1.82) is 0 Å². The van der Waals surface area contributed by atoms with Crippen molar-refractivity contribution in [3.05, 3.63) is 77.4 Å². The highest BCUT2D eigenvalue weighted by molar-refractivity contribution is 5.92. The SMILES string of the molecule is Cc1cccc(Nc2nccc(C(=O)NCc3ccccn3)n2)c1C. The highest BCUT2D eigenvalue weighted by Crippen LogP contribution is 2.20. The molecule has 2 N–H and O–H groups in total. The molecule has 0 atom stereocenters. The summed E-state index contributed by atoms with van der Waals surface area (Å²) in [4.78, 5) is 25.0. The van der Waals surface area contributed by atoms with Gasteiger partial charge in [-0.3, -0.25) is 9.78 Å². The molecule has 6 heteroatoms. The second-order valence-electron chi connectivity index (χ2n) is 5.64. The molecule has 0 aliphatic heterocycles. The van der Waals surface area contributed by atoms with Gasteiger partial charge >= 0.3 is 0 Å². The van der Waals surface area contributed by atoms with E-state index in [1.807, 2.05) is 50.2 Å². The van der Waals surface area contributed by atoms with Gasteiger partial charge in [0.1, 0.15) is 5.69 Å². The summed E-state index contributed by atoms with van der Waals surface area (Å²) < 4.78 is 0. The zero-order chi connectivity index (χ0) is 17.6. The molecule has 3 rings (SSSR count). The lowest BCUT2D eigenvalue weighted by atomic mass is 10.1. The lowest BCUT2D eigenvalue weighted by Crippen LogP contribution is -2.24. The molecule has 0 bridgehead atoms. The molecule has 0 saturated heterocycles. The van der Waals surface area contributed by atoms with Crippen LogP contribution in [-0.4, -0.2) is 20.9 Å². The highest BCUT2D eigenvalue weighted by atomic mass is 16.1. The second-order valence-corrected chi connectivity index (χ2v) is 5.64. The quantitative estimate of drug-likeness (QED) is 0.750. The van der Waals surface area contributed by atoms with Gasteiger partial charge in [0.05, 0.1) is 12.2 Å². The molecule has 3 aromatic rings. The monoisotopic (exact) mass is 333 g/mol. The summed E-state index contributed by atoms with van der Waals surface area (Å²) in [6, 6.07) is 13.1. The van der Waals surface area contributed by atoms with Gasteiger partial charge < -0.3 is 10.6 Å². The Kier molecular flexibility index (Phi) is 4.99. The molecule has 1 aromatic carbocycles. The zero-order valence-corrected chi connectivity index (χ0v) is 14.2. The Hall–Kier alpha value is -3.28. The van der Waals surface area contributed by atoms with E-state index in [2.05, 4.69) is 25.6 Å². The first-order valence-corrected chi connectivity index (χ1v) is 7.98. The summed E-state index contributed by atoms with van der Waals surface area (Å²) in [6.07, 6.45) is 3.26. The predicted octanol–water partition coefficient (Wildman–Crippen LogP) is 3.16. The highest BCUT2D eigenvalue weighted by Gasteiger charge is 2.10. The molecule has 0 saturated carbocycles. The second kappa shape index (κ2) is 7.53. The number of carbonyl (C=O) groups is 1. The van der Waals surface area contributed by atoms with Gasteiger partial charge in [0.2, 0.25) is 5.95 Å².